The van der Waals surface area contributed by atoms with E-state index < -0.39 is 5.97 Å². The topological polar surface area (TPSA) is 77.8 Å². The van der Waals surface area contributed by atoms with E-state index in [-0.39, 0.29) is 17.9 Å². The second-order valence-electron chi connectivity index (χ2n) is 6.31. The fourth-order valence-corrected chi connectivity index (χ4v) is 3.10. The van der Waals surface area contributed by atoms with E-state index in [1.165, 1.54) is 21.3 Å². The molecule has 0 atom stereocenters. The fraction of sp³-hybridized carbons (Fsp3) is 0.167. The van der Waals surface area contributed by atoms with Gasteiger partial charge >= 0.3 is 5.97 Å². The van der Waals surface area contributed by atoms with Gasteiger partial charge in [-0.1, -0.05) is 42.5 Å². The van der Waals surface area contributed by atoms with Gasteiger partial charge in [0.15, 0.2) is 11.5 Å². The maximum Gasteiger partial charge on any atom is 0.342 e. The molecule has 0 saturated carbocycles. The van der Waals surface area contributed by atoms with E-state index in [1.807, 2.05) is 42.5 Å². The van der Waals surface area contributed by atoms with Gasteiger partial charge < -0.3 is 18.9 Å². The lowest BCUT2D eigenvalue weighted by atomic mass is 9.99. The van der Waals surface area contributed by atoms with Crippen LogP contribution in [-0.4, -0.2) is 27.3 Å². The first-order valence-corrected chi connectivity index (χ1v) is 9.17. The molecule has 6 heteroatoms. The molecular weight excluding hydrogens is 382 g/mol. The highest BCUT2D eigenvalue weighted by Gasteiger charge is 2.21. The van der Waals surface area contributed by atoms with Crippen molar-refractivity contribution in [3.8, 4) is 34.4 Å². The molecule has 0 fully saturated rings. The zero-order valence-corrected chi connectivity index (χ0v) is 17.0. The standard InChI is InChI=1S/C24H21NO5/c1-27-21-13-12-20(22(28-2)23(21)29-3)24(26)30-15-16-8-10-17(11-9-16)19-7-5-4-6-18(19)14-25/h4-13H,15H2,1-3H3. The Balaban J connectivity index is 1.75. The van der Waals surface area contributed by atoms with Crippen LogP contribution in [-0.2, 0) is 11.3 Å². The van der Waals surface area contributed by atoms with Crippen LogP contribution < -0.4 is 14.2 Å². The van der Waals surface area contributed by atoms with Gasteiger partial charge in [-0.2, -0.15) is 5.26 Å². The van der Waals surface area contributed by atoms with Crippen molar-refractivity contribution in [2.24, 2.45) is 0 Å². The molecule has 3 aromatic rings. The van der Waals surface area contributed by atoms with Crippen LogP contribution in [0.4, 0.5) is 0 Å². The lowest BCUT2D eigenvalue weighted by molar-refractivity contribution is 0.0468. The van der Waals surface area contributed by atoms with Crippen LogP contribution in [0.5, 0.6) is 17.2 Å². The molecule has 3 rings (SSSR count). The molecule has 0 unspecified atom stereocenters. The number of benzene rings is 3. The van der Waals surface area contributed by atoms with E-state index in [9.17, 15) is 10.1 Å². The average molecular weight is 403 g/mol. The second kappa shape index (κ2) is 9.48. The molecule has 6 nitrogen and oxygen atoms in total. The average Bonchev–Trinajstić information content (AvgIpc) is 2.81. The van der Waals surface area contributed by atoms with Crippen molar-refractivity contribution in [3.05, 3.63) is 77.4 Å². The van der Waals surface area contributed by atoms with Gasteiger partial charge in [-0.3, -0.25) is 0 Å². The van der Waals surface area contributed by atoms with Gasteiger partial charge in [0.25, 0.3) is 0 Å². The summed E-state index contributed by atoms with van der Waals surface area (Å²) < 4.78 is 21.3. The summed E-state index contributed by atoms with van der Waals surface area (Å²) in [4.78, 5) is 12.6. The Morgan fingerprint density at radius 3 is 2.20 bits per heavy atom. The van der Waals surface area contributed by atoms with E-state index in [1.54, 1.807) is 18.2 Å². The molecule has 0 amide bonds. The van der Waals surface area contributed by atoms with Crippen LogP contribution >= 0.6 is 0 Å². The molecule has 0 saturated heterocycles. The highest BCUT2D eigenvalue weighted by Crippen LogP contribution is 2.40. The summed E-state index contributed by atoms with van der Waals surface area (Å²) >= 11 is 0. The number of ether oxygens (including phenoxy) is 4. The Hall–Kier alpha value is -3.98. The predicted molar refractivity (Wildman–Crippen MR) is 112 cm³/mol. The molecule has 3 aromatic carbocycles. The molecular formula is C24H21NO5. The highest BCUT2D eigenvalue weighted by atomic mass is 16.5. The van der Waals surface area contributed by atoms with Gasteiger partial charge in [0.05, 0.1) is 33.0 Å². The van der Waals surface area contributed by atoms with Crippen LogP contribution in [0.1, 0.15) is 21.5 Å². The van der Waals surface area contributed by atoms with Crippen molar-refractivity contribution in [3.63, 3.8) is 0 Å². The number of nitrogens with zero attached hydrogens (tertiary/aromatic N) is 1. The third-order valence-electron chi connectivity index (χ3n) is 4.61. The minimum absolute atomic E-state index is 0.0938. The number of rotatable bonds is 7. The molecule has 0 heterocycles. The Morgan fingerprint density at radius 2 is 1.57 bits per heavy atom. The lowest BCUT2D eigenvalue weighted by Crippen LogP contribution is -2.08. The molecule has 0 bridgehead atoms. The van der Waals surface area contributed by atoms with Gasteiger partial charge in [0.1, 0.15) is 12.2 Å². The monoisotopic (exact) mass is 403 g/mol. The summed E-state index contributed by atoms with van der Waals surface area (Å²) in [6.07, 6.45) is 0. The number of nitriles is 1. The third-order valence-corrected chi connectivity index (χ3v) is 4.61. The van der Waals surface area contributed by atoms with Crippen molar-refractivity contribution in [1.82, 2.24) is 0 Å². The zero-order chi connectivity index (χ0) is 21.5. The Morgan fingerprint density at radius 1 is 0.867 bits per heavy atom. The minimum Gasteiger partial charge on any atom is -0.493 e. The summed E-state index contributed by atoms with van der Waals surface area (Å²) in [6.45, 7) is 0.0938. The van der Waals surface area contributed by atoms with Crippen LogP contribution in [0.25, 0.3) is 11.1 Å². The van der Waals surface area contributed by atoms with Gasteiger partial charge in [-0.25, -0.2) is 4.79 Å². The van der Waals surface area contributed by atoms with E-state index in [2.05, 4.69) is 6.07 Å². The van der Waals surface area contributed by atoms with E-state index in [0.717, 1.165) is 16.7 Å². The quantitative estimate of drug-likeness (QED) is 0.536. The number of hydrogen-bond donors (Lipinski definition) is 0. The molecule has 30 heavy (non-hydrogen) atoms. The first kappa shape index (κ1) is 20.7. The van der Waals surface area contributed by atoms with Crippen molar-refractivity contribution in [2.75, 3.05) is 21.3 Å². The van der Waals surface area contributed by atoms with Crippen molar-refractivity contribution in [2.45, 2.75) is 6.61 Å². The van der Waals surface area contributed by atoms with Gasteiger partial charge in [-0.05, 0) is 34.9 Å². The maximum atomic E-state index is 12.6. The maximum absolute atomic E-state index is 12.6. The summed E-state index contributed by atoms with van der Waals surface area (Å²) in [5, 5.41) is 9.27. The summed E-state index contributed by atoms with van der Waals surface area (Å²) in [5.41, 5.74) is 3.45. The summed E-state index contributed by atoms with van der Waals surface area (Å²) in [5.74, 6) is 0.506. The number of esters is 1. The Kier molecular flexibility index (Phi) is 6.56. The summed E-state index contributed by atoms with van der Waals surface area (Å²) in [6, 6.07) is 20.3. The zero-order valence-electron chi connectivity index (χ0n) is 17.0. The largest absolute Gasteiger partial charge is 0.493 e. The van der Waals surface area contributed by atoms with Gasteiger partial charge in [-0.15, -0.1) is 0 Å². The van der Waals surface area contributed by atoms with Crippen molar-refractivity contribution >= 4 is 5.97 Å². The molecule has 0 N–H and O–H groups in total. The predicted octanol–water partition coefficient (Wildman–Crippen LogP) is 4.61. The molecule has 0 aliphatic carbocycles. The van der Waals surface area contributed by atoms with E-state index in [0.29, 0.717) is 17.1 Å². The Bertz CT molecular complexity index is 1080. The third kappa shape index (κ3) is 4.20. The van der Waals surface area contributed by atoms with E-state index >= 15 is 0 Å². The van der Waals surface area contributed by atoms with Gasteiger partial charge in [0.2, 0.25) is 5.75 Å². The molecule has 0 radical (unpaired) electrons. The van der Waals surface area contributed by atoms with Crippen molar-refractivity contribution in [1.29, 1.82) is 5.26 Å². The van der Waals surface area contributed by atoms with Crippen LogP contribution in [0.15, 0.2) is 60.7 Å². The number of methoxy groups -OCH3 is 3. The lowest BCUT2D eigenvalue weighted by Gasteiger charge is -2.15. The van der Waals surface area contributed by atoms with E-state index in [4.69, 9.17) is 18.9 Å². The molecule has 0 aliphatic heterocycles. The van der Waals surface area contributed by atoms with Gasteiger partial charge in [0, 0.05) is 0 Å². The number of hydrogen-bond acceptors (Lipinski definition) is 6. The molecule has 0 aliphatic rings. The number of carbonyl (C=O) groups is 1. The SMILES string of the molecule is COc1ccc(C(=O)OCc2ccc(-c3ccccc3C#N)cc2)c(OC)c1OC. The second-order valence-corrected chi connectivity index (χ2v) is 6.31. The molecule has 152 valence electrons. The number of carbonyl (C=O) groups excluding carboxylic acids is 1. The first-order chi connectivity index (χ1) is 14.6. The summed E-state index contributed by atoms with van der Waals surface area (Å²) in [7, 11) is 4.43. The minimum atomic E-state index is -0.535. The molecule has 0 aromatic heterocycles. The van der Waals surface area contributed by atoms with Crippen LogP contribution in [0.2, 0.25) is 0 Å². The normalized spacial score (nSPS) is 10.1. The van der Waals surface area contributed by atoms with Crippen LogP contribution in [0, 0.1) is 11.3 Å². The highest BCUT2D eigenvalue weighted by molar-refractivity contribution is 5.94. The first-order valence-electron chi connectivity index (χ1n) is 9.17. The van der Waals surface area contributed by atoms with Crippen molar-refractivity contribution < 1.29 is 23.7 Å². The van der Waals surface area contributed by atoms with Crippen LogP contribution in [0.3, 0.4) is 0 Å². The Labute approximate surface area is 175 Å². The fourth-order valence-electron chi connectivity index (χ4n) is 3.10. The molecule has 0 spiro atoms. The smallest absolute Gasteiger partial charge is 0.342 e.